The Morgan fingerprint density at radius 2 is 1.75 bits per heavy atom. The Balaban J connectivity index is 1.63. The van der Waals surface area contributed by atoms with Gasteiger partial charge in [0.15, 0.2) is 5.96 Å². The summed E-state index contributed by atoms with van der Waals surface area (Å²) in [4.78, 5) is 7.02. The first-order chi connectivity index (χ1) is 9.74. The quantitative estimate of drug-likeness (QED) is 0.472. The van der Waals surface area contributed by atoms with Gasteiger partial charge in [-0.1, -0.05) is 32.6 Å². The molecule has 0 aromatic rings. The third-order valence-corrected chi connectivity index (χ3v) is 4.78. The molecule has 1 aliphatic carbocycles. The van der Waals surface area contributed by atoms with E-state index in [0.29, 0.717) is 12.0 Å². The number of nitrogens with one attached hydrogen (secondary N) is 1. The molecule has 2 aliphatic rings. The molecule has 1 saturated carbocycles. The van der Waals surface area contributed by atoms with Crippen molar-refractivity contribution in [1.29, 1.82) is 0 Å². The highest BCUT2D eigenvalue weighted by Gasteiger charge is 2.15. The predicted octanol–water partition coefficient (Wildman–Crippen LogP) is 2.35. The van der Waals surface area contributed by atoms with Crippen LogP contribution in [0.15, 0.2) is 4.99 Å². The molecule has 1 saturated heterocycles. The summed E-state index contributed by atoms with van der Waals surface area (Å²) in [6, 6.07) is 0.553. The lowest BCUT2D eigenvalue weighted by molar-refractivity contribution is 0.197. The van der Waals surface area contributed by atoms with E-state index < -0.39 is 0 Å². The van der Waals surface area contributed by atoms with Gasteiger partial charge in [-0.15, -0.1) is 0 Å². The van der Waals surface area contributed by atoms with Crippen molar-refractivity contribution in [2.45, 2.75) is 64.3 Å². The molecule has 1 aliphatic heterocycles. The third-order valence-electron chi connectivity index (χ3n) is 4.78. The van der Waals surface area contributed by atoms with Gasteiger partial charge < -0.3 is 16.0 Å². The number of guanidine groups is 1. The monoisotopic (exact) mass is 280 g/mol. The number of nitrogens with two attached hydrogens (primary N) is 1. The maximum Gasteiger partial charge on any atom is 0.188 e. The number of nitrogens with zero attached hydrogens (tertiary/aromatic N) is 2. The Morgan fingerprint density at radius 3 is 2.40 bits per heavy atom. The van der Waals surface area contributed by atoms with E-state index in [1.54, 1.807) is 0 Å². The normalized spacial score (nSPS) is 24.6. The number of hydrogen-bond acceptors (Lipinski definition) is 2. The predicted molar refractivity (Wildman–Crippen MR) is 86.0 cm³/mol. The Hall–Kier alpha value is -0.770. The molecule has 0 aromatic heterocycles. The van der Waals surface area contributed by atoms with Crippen molar-refractivity contribution in [3.05, 3.63) is 0 Å². The molecule has 4 nitrogen and oxygen atoms in total. The van der Waals surface area contributed by atoms with Crippen LogP contribution in [-0.2, 0) is 0 Å². The molecule has 0 unspecified atom stereocenters. The molecule has 0 atom stereocenters. The minimum absolute atomic E-state index is 0.553. The number of aliphatic imine (C=N–C) groups is 1. The van der Waals surface area contributed by atoms with Crippen LogP contribution >= 0.6 is 0 Å². The molecule has 2 fully saturated rings. The summed E-state index contributed by atoms with van der Waals surface area (Å²) in [5.74, 6) is 1.55. The molecule has 0 amide bonds. The van der Waals surface area contributed by atoms with Gasteiger partial charge in [0.25, 0.3) is 0 Å². The summed E-state index contributed by atoms with van der Waals surface area (Å²) in [5, 5.41) is 3.41. The lowest BCUT2D eigenvalue weighted by atomic mass is 9.99. The smallest absolute Gasteiger partial charge is 0.188 e. The minimum Gasteiger partial charge on any atom is -0.370 e. The number of hydrogen-bond donors (Lipinski definition) is 2. The largest absolute Gasteiger partial charge is 0.370 e. The van der Waals surface area contributed by atoms with Gasteiger partial charge in [0.2, 0.25) is 0 Å². The van der Waals surface area contributed by atoms with E-state index in [-0.39, 0.29) is 0 Å². The highest BCUT2D eigenvalue weighted by molar-refractivity contribution is 5.78. The van der Waals surface area contributed by atoms with Crippen LogP contribution in [0.5, 0.6) is 0 Å². The Kier molecular flexibility index (Phi) is 6.64. The van der Waals surface area contributed by atoms with E-state index >= 15 is 0 Å². The van der Waals surface area contributed by atoms with Crippen molar-refractivity contribution in [2.75, 3.05) is 26.2 Å². The van der Waals surface area contributed by atoms with Gasteiger partial charge >= 0.3 is 0 Å². The summed E-state index contributed by atoms with van der Waals surface area (Å²) < 4.78 is 0. The van der Waals surface area contributed by atoms with Crippen LogP contribution in [0.25, 0.3) is 0 Å². The average Bonchev–Trinajstić information content (AvgIpc) is 2.70. The van der Waals surface area contributed by atoms with Crippen molar-refractivity contribution in [1.82, 2.24) is 10.2 Å². The van der Waals surface area contributed by atoms with E-state index in [1.807, 2.05) is 0 Å². The molecule has 20 heavy (non-hydrogen) atoms. The zero-order chi connectivity index (χ0) is 14.2. The lowest BCUT2D eigenvalue weighted by Crippen LogP contribution is -2.40. The van der Waals surface area contributed by atoms with Crippen LogP contribution < -0.4 is 11.1 Å². The topological polar surface area (TPSA) is 53.6 Å². The van der Waals surface area contributed by atoms with Crippen LogP contribution in [0.4, 0.5) is 0 Å². The van der Waals surface area contributed by atoms with Gasteiger partial charge in [-0.2, -0.15) is 0 Å². The van der Waals surface area contributed by atoms with Gasteiger partial charge in [-0.25, -0.2) is 0 Å². The van der Waals surface area contributed by atoms with Crippen LogP contribution in [0, 0.1) is 5.92 Å². The van der Waals surface area contributed by atoms with Crippen molar-refractivity contribution in [2.24, 2.45) is 16.6 Å². The maximum absolute atomic E-state index is 6.01. The molecule has 0 radical (unpaired) electrons. The SMILES string of the molecule is CC1CCN(CCN=C(N)NC2CCCCCC2)CC1. The van der Waals surface area contributed by atoms with Gasteiger partial charge in [0, 0.05) is 12.6 Å². The van der Waals surface area contributed by atoms with Gasteiger partial charge in [-0.3, -0.25) is 4.99 Å². The van der Waals surface area contributed by atoms with Crippen LogP contribution in [0.1, 0.15) is 58.3 Å². The number of likely N-dealkylation sites (tertiary alicyclic amines) is 1. The zero-order valence-corrected chi connectivity index (χ0v) is 13.1. The molecule has 2 rings (SSSR count). The van der Waals surface area contributed by atoms with Crippen molar-refractivity contribution in [3.63, 3.8) is 0 Å². The standard InChI is InChI=1S/C16H32N4/c1-14-8-11-20(12-9-14)13-10-18-16(17)19-15-6-4-2-3-5-7-15/h14-15H,2-13H2,1H3,(H3,17,18,19). The van der Waals surface area contributed by atoms with Crippen LogP contribution in [-0.4, -0.2) is 43.1 Å². The summed E-state index contributed by atoms with van der Waals surface area (Å²) in [7, 11) is 0. The molecule has 116 valence electrons. The molecule has 0 spiro atoms. The maximum atomic E-state index is 6.01. The second-order valence-electron chi connectivity index (χ2n) is 6.62. The summed E-state index contributed by atoms with van der Waals surface area (Å²) in [6.07, 6.45) is 10.6. The van der Waals surface area contributed by atoms with Crippen molar-refractivity contribution in [3.8, 4) is 0 Å². The summed E-state index contributed by atoms with van der Waals surface area (Å²) >= 11 is 0. The van der Waals surface area contributed by atoms with Crippen LogP contribution in [0.3, 0.4) is 0 Å². The van der Waals surface area contributed by atoms with Crippen LogP contribution in [0.2, 0.25) is 0 Å². The van der Waals surface area contributed by atoms with E-state index in [2.05, 4.69) is 22.1 Å². The Morgan fingerprint density at radius 1 is 1.10 bits per heavy atom. The Labute approximate surface area is 124 Å². The van der Waals surface area contributed by atoms with E-state index in [0.717, 1.165) is 19.0 Å². The van der Waals surface area contributed by atoms with E-state index in [1.165, 1.54) is 64.5 Å². The highest BCUT2D eigenvalue weighted by atomic mass is 15.2. The fourth-order valence-electron chi connectivity index (χ4n) is 3.28. The lowest BCUT2D eigenvalue weighted by Gasteiger charge is -2.29. The molecular formula is C16H32N4. The molecule has 0 aromatic carbocycles. The average molecular weight is 280 g/mol. The first-order valence-electron chi connectivity index (χ1n) is 8.53. The molecule has 4 heteroatoms. The third kappa shape index (κ3) is 5.70. The van der Waals surface area contributed by atoms with E-state index in [9.17, 15) is 0 Å². The Bertz CT molecular complexity index is 287. The summed E-state index contributed by atoms with van der Waals surface area (Å²) in [6.45, 7) is 6.70. The van der Waals surface area contributed by atoms with Crippen molar-refractivity contribution < 1.29 is 0 Å². The van der Waals surface area contributed by atoms with Gasteiger partial charge in [0.1, 0.15) is 0 Å². The molecule has 1 heterocycles. The molecule has 3 N–H and O–H groups in total. The van der Waals surface area contributed by atoms with E-state index in [4.69, 9.17) is 5.73 Å². The second-order valence-corrected chi connectivity index (χ2v) is 6.62. The minimum atomic E-state index is 0.553. The second kappa shape index (κ2) is 8.50. The summed E-state index contributed by atoms with van der Waals surface area (Å²) in [5.41, 5.74) is 6.01. The van der Waals surface area contributed by atoms with Gasteiger partial charge in [0.05, 0.1) is 6.54 Å². The highest BCUT2D eigenvalue weighted by Crippen LogP contribution is 2.17. The van der Waals surface area contributed by atoms with Gasteiger partial charge in [-0.05, 0) is 44.7 Å². The fourth-order valence-corrected chi connectivity index (χ4v) is 3.28. The zero-order valence-electron chi connectivity index (χ0n) is 13.1. The number of piperidine rings is 1. The first kappa shape index (κ1) is 15.6. The first-order valence-corrected chi connectivity index (χ1v) is 8.53. The molecule has 0 bridgehead atoms. The fraction of sp³-hybridized carbons (Fsp3) is 0.938. The molecular weight excluding hydrogens is 248 g/mol. The van der Waals surface area contributed by atoms with Crippen molar-refractivity contribution >= 4 is 5.96 Å². The number of rotatable bonds is 4.